The maximum Gasteiger partial charge on any atom is 0.328 e. The van der Waals surface area contributed by atoms with Crippen LogP contribution in [0.3, 0.4) is 0 Å². The quantitative estimate of drug-likeness (QED) is 0.740. The Bertz CT molecular complexity index is 581. The van der Waals surface area contributed by atoms with E-state index in [0.717, 1.165) is 6.08 Å². The molecule has 1 saturated heterocycles. The lowest BCUT2D eigenvalue weighted by molar-refractivity contribution is -0.131. The summed E-state index contributed by atoms with van der Waals surface area (Å²) in [4.78, 5) is 24.1. The Labute approximate surface area is 122 Å². The number of carboxylic acids is 1. The molecule has 1 aliphatic rings. The number of benzene rings is 1. The minimum Gasteiger partial charge on any atom is -0.478 e. The van der Waals surface area contributed by atoms with Gasteiger partial charge in [0.1, 0.15) is 0 Å². The van der Waals surface area contributed by atoms with Crippen LogP contribution in [0.2, 0.25) is 0 Å². The van der Waals surface area contributed by atoms with E-state index in [1.54, 1.807) is 36.1 Å². The van der Waals surface area contributed by atoms with Gasteiger partial charge in [0.05, 0.1) is 12.1 Å². The number of rotatable bonds is 3. The topological polar surface area (TPSA) is 89.9 Å². The molecule has 1 aliphatic heterocycles. The maximum atomic E-state index is 12.1. The standard InChI is InChI=1S/C15H18N2O4/c1-15(21)7-8-17(10-15)14(20)16-12-4-2-3-11(9-12)5-6-13(18)19/h2-6,9,21H,7-8,10H2,1H3,(H,16,20)(H,18,19)/b6-5+. The summed E-state index contributed by atoms with van der Waals surface area (Å²) in [5, 5.41) is 21.2. The number of urea groups is 1. The number of aliphatic hydroxyl groups is 1. The molecule has 1 heterocycles. The first kappa shape index (κ1) is 15.1. The van der Waals surface area contributed by atoms with E-state index < -0.39 is 11.6 Å². The molecular weight excluding hydrogens is 272 g/mol. The number of amides is 2. The number of carbonyl (C=O) groups is 2. The van der Waals surface area contributed by atoms with Gasteiger partial charge in [-0.05, 0) is 37.1 Å². The van der Waals surface area contributed by atoms with Crippen LogP contribution in [-0.2, 0) is 4.79 Å². The maximum absolute atomic E-state index is 12.1. The molecule has 112 valence electrons. The van der Waals surface area contributed by atoms with E-state index in [1.165, 1.54) is 6.08 Å². The lowest BCUT2D eigenvalue weighted by Crippen LogP contribution is -2.36. The normalized spacial score (nSPS) is 21.7. The van der Waals surface area contributed by atoms with Gasteiger partial charge in [-0.25, -0.2) is 9.59 Å². The lowest BCUT2D eigenvalue weighted by atomic mass is 10.1. The van der Waals surface area contributed by atoms with E-state index in [4.69, 9.17) is 5.11 Å². The van der Waals surface area contributed by atoms with Crippen molar-refractivity contribution in [1.29, 1.82) is 0 Å². The molecule has 0 radical (unpaired) electrons. The van der Waals surface area contributed by atoms with Crippen molar-refractivity contribution < 1.29 is 19.8 Å². The van der Waals surface area contributed by atoms with Gasteiger partial charge < -0.3 is 20.4 Å². The van der Waals surface area contributed by atoms with Crippen LogP contribution in [0.4, 0.5) is 10.5 Å². The van der Waals surface area contributed by atoms with Gasteiger partial charge in [-0.2, -0.15) is 0 Å². The van der Waals surface area contributed by atoms with Gasteiger partial charge >= 0.3 is 12.0 Å². The van der Waals surface area contributed by atoms with E-state index in [9.17, 15) is 14.7 Å². The minimum atomic E-state index is -1.02. The number of nitrogens with zero attached hydrogens (tertiary/aromatic N) is 1. The van der Waals surface area contributed by atoms with E-state index >= 15 is 0 Å². The summed E-state index contributed by atoms with van der Waals surface area (Å²) in [6.07, 6.45) is 3.05. The molecule has 0 aliphatic carbocycles. The summed E-state index contributed by atoms with van der Waals surface area (Å²) in [7, 11) is 0. The highest BCUT2D eigenvalue weighted by atomic mass is 16.4. The van der Waals surface area contributed by atoms with E-state index in [-0.39, 0.29) is 6.03 Å². The third-order valence-corrected chi connectivity index (χ3v) is 3.30. The average Bonchev–Trinajstić information content (AvgIpc) is 2.77. The zero-order chi connectivity index (χ0) is 15.5. The van der Waals surface area contributed by atoms with Crippen LogP contribution in [0.15, 0.2) is 30.3 Å². The Kier molecular flexibility index (Phi) is 4.28. The molecule has 21 heavy (non-hydrogen) atoms. The highest BCUT2D eigenvalue weighted by molar-refractivity contribution is 5.90. The van der Waals surface area contributed by atoms with Crippen LogP contribution in [0, 0.1) is 0 Å². The van der Waals surface area contributed by atoms with Crippen molar-refractivity contribution in [2.45, 2.75) is 18.9 Å². The largest absolute Gasteiger partial charge is 0.478 e. The number of nitrogens with one attached hydrogen (secondary N) is 1. The summed E-state index contributed by atoms with van der Waals surface area (Å²) in [6.45, 7) is 2.52. The zero-order valence-electron chi connectivity index (χ0n) is 11.7. The average molecular weight is 290 g/mol. The van der Waals surface area contributed by atoms with Gasteiger partial charge in [-0.15, -0.1) is 0 Å². The van der Waals surface area contributed by atoms with Crippen LogP contribution in [0.1, 0.15) is 18.9 Å². The Balaban J connectivity index is 2.01. The molecule has 1 aromatic rings. The summed E-state index contributed by atoms with van der Waals surface area (Å²) >= 11 is 0. The Morgan fingerprint density at radius 3 is 2.81 bits per heavy atom. The molecule has 1 fully saturated rings. The number of β-amino-alcohol motifs (C(OH)–C–C–N with tert-alkyl or cyclic N) is 1. The van der Waals surface area contributed by atoms with Crippen molar-refractivity contribution in [3.63, 3.8) is 0 Å². The van der Waals surface area contributed by atoms with Gasteiger partial charge in [-0.3, -0.25) is 0 Å². The van der Waals surface area contributed by atoms with Gasteiger partial charge in [0, 0.05) is 18.3 Å². The molecule has 3 N–H and O–H groups in total. The predicted octanol–water partition coefficient (Wildman–Crippen LogP) is 1.77. The van der Waals surface area contributed by atoms with Crippen molar-refractivity contribution in [3.05, 3.63) is 35.9 Å². The Hall–Kier alpha value is -2.34. The molecule has 0 spiro atoms. The number of hydrogen-bond acceptors (Lipinski definition) is 3. The van der Waals surface area contributed by atoms with Crippen LogP contribution in [0.25, 0.3) is 6.08 Å². The predicted molar refractivity (Wildman–Crippen MR) is 78.9 cm³/mol. The van der Waals surface area contributed by atoms with Crippen molar-refractivity contribution >= 4 is 23.8 Å². The van der Waals surface area contributed by atoms with E-state index in [1.807, 2.05) is 0 Å². The van der Waals surface area contributed by atoms with Crippen LogP contribution in [-0.4, -0.2) is 45.8 Å². The number of likely N-dealkylation sites (tertiary alicyclic amines) is 1. The fourth-order valence-electron chi connectivity index (χ4n) is 2.21. The SMILES string of the molecule is CC1(O)CCN(C(=O)Nc2cccc(/C=C/C(=O)O)c2)C1. The number of hydrogen-bond donors (Lipinski definition) is 3. The van der Waals surface area contributed by atoms with Gasteiger partial charge in [0.2, 0.25) is 0 Å². The summed E-state index contributed by atoms with van der Waals surface area (Å²) in [6, 6.07) is 6.62. The molecule has 1 atom stereocenters. The molecule has 2 amide bonds. The fraction of sp³-hybridized carbons (Fsp3) is 0.333. The number of anilines is 1. The van der Waals surface area contributed by atoms with E-state index in [0.29, 0.717) is 30.8 Å². The van der Waals surface area contributed by atoms with Crippen molar-refractivity contribution in [2.75, 3.05) is 18.4 Å². The second kappa shape index (κ2) is 5.97. The molecule has 0 bridgehead atoms. The smallest absolute Gasteiger partial charge is 0.328 e. The molecule has 1 aromatic carbocycles. The van der Waals surface area contributed by atoms with Crippen LogP contribution in [0.5, 0.6) is 0 Å². The summed E-state index contributed by atoms with van der Waals surface area (Å²) in [5.41, 5.74) is 0.436. The first-order valence-electron chi connectivity index (χ1n) is 6.65. The molecule has 2 rings (SSSR count). The third-order valence-electron chi connectivity index (χ3n) is 3.30. The number of carbonyl (C=O) groups excluding carboxylic acids is 1. The first-order valence-corrected chi connectivity index (χ1v) is 6.65. The summed E-state index contributed by atoms with van der Waals surface area (Å²) < 4.78 is 0. The molecule has 6 nitrogen and oxygen atoms in total. The van der Waals surface area contributed by atoms with Gasteiger partial charge in [0.25, 0.3) is 0 Å². The minimum absolute atomic E-state index is 0.271. The highest BCUT2D eigenvalue weighted by Gasteiger charge is 2.33. The highest BCUT2D eigenvalue weighted by Crippen LogP contribution is 2.21. The lowest BCUT2D eigenvalue weighted by Gasteiger charge is -2.19. The summed E-state index contributed by atoms with van der Waals surface area (Å²) in [5.74, 6) is -1.02. The molecular formula is C15H18N2O4. The Morgan fingerprint density at radius 2 is 2.19 bits per heavy atom. The monoisotopic (exact) mass is 290 g/mol. The first-order chi connectivity index (χ1) is 9.85. The number of aliphatic carboxylic acids is 1. The molecule has 1 unspecified atom stereocenters. The molecule has 6 heteroatoms. The third kappa shape index (κ3) is 4.32. The van der Waals surface area contributed by atoms with Gasteiger partial charge in [-0.1, -0.05) is 12.1 Å². The fourth-order valence-corrected chi connectivity index (χ4v) is 2.21. The Morgan fingerprint density at radius 1 is 1.43 bits per heavy atom. The molecule has 0 saturated carbocycles. The zero-order valence-corrected chi connectivity index (χ0v) is 11.7. The van der Waals surface area contributed by atoms with Crippen LogP contribution >= 0.6 is 0 Å². The number of carboxylic acid groups (broad SMARTS) is 1. The second-order valence-corrected chi connectivity index (χ2v) is 5.40. The van der Waals surface area contributed by atoms with Crippen molar-refractivity contribution in [1.82, 2.24) is 4.90 Å². The van der Waals surface area contributed by atoms with Crippen molar-refractivity contribution in [3.8, 4) is 0 Å². The second-order valence-electron chi connectivity index (χ2n) is 5.40. The van der Waals surface area contributed by atoms with E-state index in [2.05, 4.69) is 5.32 Å². The van der Waals surface area contributed by atoms with Crippen molar-refractivity contribution in [2.24, 2.45) is 0 Å². The van der Waals surface area contributed by atoms with Gasteiger partial charge in [0.15, 0.2) is 0 Å². The van der Waals surface area contributed by atoms with Crippen LogP contribution < -0.4 is 5.32 Å². The molecule has 0 aromatic heterocycles.